The van der Waals surface area contributed by atoms with Gasteiger partial charge in [-0.3, -0.25) is 14.7 Å². The van der Waals surface area contributed by atoms with Crippen LogP contribution in [0.15, 0.2) is 60.9 Å². The van der Waals surface area contributed by atoms with Gasteiger partial charge in [0.2, 0.25) is 5.91 Å². The van der Waals surface area contributed by atoms with Crippen LogP contribution < -0.4 is 15.0 Å². The van der Waals surface area contributed by atoms with Crippen molar-refractivity contribution in [3.63, 3.8) is 0 Å². The third kappa shape index (κ3) is 6.47. The van der Waals surface area contributed by atoms with E-state index in [9.17, 15) is 9.59 Å². The van der Waals surface area contributed by atoms with Gasteiger partial charge in [-0.1, -0.05) is 30.3 Å². The molecule has 2 N–H and O–H groups in total. The van der Waals surface area contributed by atoms with Gasteiger partial charge in [-0.05, 0) is 49.9 Å². The third-order valence-corrected chi connectivity index (χ3v) is 7.83. The van der Waals surface area contributed by atoms with Crippen LogP contribution >= 0.6 is 0 Å². The van der Waals surface area contributed by atoms with Crippen molar-refractivity contribution in [2.45, 2.75) is 38.8 Å². The predicted octanol–water partition coefficient (Wildman–Crippen LogP) is 3.54. The van der Waals surface area contributed by atoms with Crippen LogP contribution in [-0.4, -0.2) is 83.7 Å². The summed E-state index contributed by atoms with van der Waals surface area (Å²) in [5.74, 6) is 0.760. The van der Waals surface area contributed by atoms with E-state index in [1.54, 1.807) is 6.20 Å². The van der Waals surface area contributed by atoms with E-state index in [-0.39, 0.29) is 17.7 Å². The molecule has 5 rings (SSSR count). The molecule has 2 saturated heterocycles. The Morgan fingerprint density at radius 2 is 1.85 bits per heavy atom. The number of carbonyl (C=O) groups excluding carboxylic acids is 2. The van der Waals surface area contributed by atoms with Gasteiger partial charge < -0.3 is 24.8 Å². The molecule has 3 heterocycles. The number of nitrogens with one attached hydrogen (secondary N) is 2. The Labute approximate surface area is 236 Å². The molecule has 1 aromatic heterocycles. The fourth-order valence-corrected chi connectivity index (χ4v) is 5.62. The minimum atomic E-state index is -0.962. The van der Waals surface area contributed by atoms with E-state index in [0.717, 1.165) is 54.9 Å². The Balaban J connectivity index is 1.19. The summed E-state index contributed by atoms with van der Waals surface area (Å²) < 4.78 is 6.24. The van der Waals surface area contributed by atoms with Crippen LogP contribution in [0.3, 0.4) is 0 Å². The summed E-state index contributed by atoms with van der Waals surface area (Å²) in [6, 6.07) is 16.2. The molecular weight excluding hydrogens is 504 g/mol. The number of rotatable bonds is 8. The Bertz CT molecular complexity index is 1280. The largest absolute Gasteiger partial charge is 0.478 e. The van der Waals surface area contributed by atoms with Crippen LogP contribution in [0.2, 0.25) is 0 Å². The molecule has 2 fully saturated rings. The van der Waals surface area contributed by atoms with Crippen molar-refractivity contribution in [3.05, 3.63) is 66.5 Å². The lowest BCUT2D eigenvalue weighted by Crippen LogP contribution is -2.54. The van der Waals surface area contributed by atoms with Gasteiger partial charge in [0.15, 0.2) is 5.60 Å². The van der Waals surface area contributed by atoms with Crippen molar-refractivity contribution in [2.75, 3.05) is 51.2 Å². The zero-order valence-corrected chi connectivity index (χ0v) is 23.7. The van der Waals surface area contributed by atoms with E-state index in [1.807, 2.05) is 55.1 Å². The Morgan fingerprint density at radius 1 is 1.07 bits per heavy atom. The quantitative estimate of drug-likeness (QED) is 0.451. The van der Waals surface area contributed by atoms with E-state index in [1.165, 1.54) is 0 Å². The van der Waals surface area contributed by atoms with E-state index in [0.29, 0.717) is 31.9 Å². The molecule has 9 heteroatoms. The average Bonchev–Trinajstić information content (AvgIpc) is 3.52. The summed E-state index contributed by atoms with van der Waals surface area (Å²) >= 11 is 0. The minimum Gasteiger partial charge on any atom is -0.478 e. The van der Waals surface area contributed by atoms with E-state index in [4.69, 9.17) is 4.74 Å². The molecule has 0 bridgehead atoms. The van der Waals surface area contributed by atoms with Gasteiger partial charge in [0.1, 0.15) is 5.75 Å². The number of nitrogens with zero attached hydrogens (tertiary/aromatic N) is 4. The highest BCUT2D eigenvalue weighted by Gasteiger charge is 2.35. The van der Waals surface area contributed by atoms with Crippen molar-refractivity contribution >= 4 is 17.5 Å². The zero-order chi connectivity index (χ0) is 28.1. The number of piperidine rings is 1. The highest BCUT2D eigenvalue weighted by atomic mass is 16.5. The van der Waals surface area contributed by atoms with Crippen LogP contribution in [0.25, 0.3) is 11.1 Å². The maximum atomic E-state index is 13.4. The zero-order valence-electron chi connectivity index (χ0n) is 23.7. The first-order valence-electron chi connectivity index (χ1n) is 14.2. The standard InChI is InChI=1S/C31H40N6O3/c1-31(2,30(39)36-16-13-32-14-17-36)40-28-8-4-7-27(18-28)37-15-5-6-25(22-37)29(38)35(3)21-23-9-11-24(12-10-23)26-19-33-34-20-26/h4,7-12,18-20,25,32H,5-6,13-17,21-22H2,1-3H3,(H,33,34)/t25-/m1/s1. The van der Waals surface area contributed by atoms with Gasteiger partial charge in [-0.25, -0.2) is 0 Å². The molecule has 2 aliphatic heterocycles. The summed E-state index contributed by atoms with van der Waals surface area (Å²) in [5, 5.41) is 10.1. The monoisotopic (exact) mass is 544 g/mol. The van der Waals surface area contributed by atoms with Crippen LogP contribution in [0.1, 0.15) is 32.3 Å². The third-order valence-electron chi connectivity index (χ3n) is 7.83. The van der Waals surface area contributed by atoms with Gasteiger partial charge in [0, 0.05) is 76.4 Å². The molecule has 0 radical (unpaired) electrons. The summed E-state index contributed by atoms with van der Waals surface area (Å²) in [6.07, 6.45) is 5.49. The first kappa shape index (κ1) is 27.7. The second-order valence-electron chi connectivity index (χ2n) is 11.3. The molecule has 0 unspecified atom stereocenters. The number of aromatic nitrogens is 2. The molecule has 212 valence electrons. The molecular formula is C31H40N6O3. The maximum absolute atomic E-state index is 13.4. The Hall–Kier alpha value is -3.85. The molecule has 0 spiro atoms. The number of hydrogen-bond donors (Lipinski definition) is 2. The number of aromatic amines is 1. The van der Waals surface area contributed by atoms with E-state index in [2.05, 4.69) is 50.7 Å². The second-order valence-corrected chi connectivity index (χ2v) is 11.3. The molecule has 2 amide bonds. The smallest absolute Gasteiger partial charge is 0.266 e. The van der Waals surface area contributed by atoms with Crippen molar-refractivity contribution < 1.29 is 14.3 Å². The van der Waals surface area contributed by atoms with Gasteiger partial charge in [0.25, 0.3) is 5.91 Å². The fraction of sp³-hybridized carbons (Fsp3) is 0.452. The molecule has 40 heavy (non-hydrogen) atoms. The molecule has 1 atom stereocenters. The second kappa shape index (κ2) is 12.1. The van der Waals surface area contributed by atoms with Gasteiger partial charge in [-0.2, -0.15) is 5.10 Å². The van der Waals surface area contributed by atoms with Crippen molar-refractivity contribution in [1.82, 2.24) is 25.3 Å². The van der Waals surface area contributed by atoms with E-state index < -0.39 is 5.60 Å². The summed E-state index contributed by atoms with van der Waals surface area (Å²) in [7, 11) is 1.89. The number of piperazine rings is 1. The van der Waals surface area contributed by atoms with Crippen LogP contribution in [0, 0.1) is 5.92 Å². The lowest BCUT2D eigenvalue weighted by molar-refractivity contribution is -0.146. The molecule has 9 nitrogen and oxygen atoms in total. The first-order chi connectivity index (χ1) is 19.3. The predicted molar refractivity (Wildman–Crippen MR) is 156 cm³/mol. The summed E-state index contributed by atoms with van der Waals surface area (Å²) in [6.45, 7) is 8.78. The average molecular weight is 545 g/mol. The number of anilines is 1. The van der Waals surface area contributed by atoms with Gasteiger partial charge in [-0.15, -0.1) is 0 Å². The first-order valence-corrected chi connectivity index (χ1v) is 14.2. The van der Waals surface area contributed by atoms with Crippen molar-refractivity contribution in [2.24, 2.45) is 5.92 Å². The van der Waals surface area contributed by atoms with Gasteiger partial charge >= 0.3 is 0 Å². The molecule has 3 aromatic rings. The molecule has 0 aliphatic carbocycles. The lowest BCUT2D eigenvalue weighted by atomic mass is 9.95. The maximum Gasteiger partial charge on any atom is 0.266 e. The number of hydrogen-bond acceptors (Lipinski definition) is 6. The topological polar surface area (TPSA) is 93.8 Å². The summed E-state index contributed by atoms with van der Waals surface area (Å²) in [4.78, 5) is 32.5. The van der Waals surface area contributed by atoms with Crippen molar-refractivity contribution in [3.8, 4) is 16.9 Å². The highest BCUT2D eigenvalue weighted by Crippen LogP contribution is 2.29. The van der Waals surface area contributed by atoms with E-state index >= 15 is 0 Å². The lowest BCUT2D eigenvalue weighted by Gasteiger charge is -2.36. The van der Waals surface area contributed by atoms with Crippen molar-refractivity contribution in [1.29, 1.82) is 0 Å². The van der Waals surface area contributed by atoms with Crippen LogP contribution in [-0.2, 0) is 16.1 Å². The fourth-order valence-electron chi connectivity index (χ4n) is 5.62. The number of amides is 2. The Morgan fingerprint density at radius 3 is 2.58 bits per heavy atom. The number of ether oxygens (including phenoxy) is 1. The molecule has 2 aliphatic rings. The normalized spacial score (nSPS) is 17.9. The van der Waals surface area contributed by atoms with Gasteiger partial charge in [0.05, 0.1) is 12.1 Å². The minimum absolute atomic E-state index is 0.00203. The SMILES string of the molecule is CN(Cc1ccc(-c2cn[nH]c2)cc1)C(=O)[C@@H]1CCCN(c2cccc(OC(C)(C)C(=O)N3CCNCC3)c2)C1. The van der Waals surface area contributed by atoms with Crippen LogP contribution in [0.4, 0.5) is 5.69 Å². The molecule has 2 aromatic carbocycles. The number of carbonyl (C=O) groups is 2. The number of benzene rings is 2. The summed E-state index contributed by atoms with van der Waals surface area (Å²) in [5.41, 5.74) is 3.28. The Kier molecular flexibility index (Phi) is 8.40. The number of H-pyrrole nitrogens is 1. The van der Waals surface area contributed by atoms with Crippen LogP contribution in [0.5, 0.6) is 5.75 Å². The highest BCUT2D eigenvalue weighted by molar-refractivity contribution is 5.85. The molecule has 0 saturated carbocycles.